The molecular weight excluding hydrogens is 248 g/mol. The Kier molecular flexibility index (Phi) is 4.77. The van der Waals surface area contributed by atoms with E-state index in [1.54, 1.807) is 18.2 Å². The number of benzene rings is 1. The van der Waals surface area contributed by atoms with E-state index in [0.29, 0.717) is 16.3 Å². The van der Waals surface area contributed by atoms with Crippen LogP contribution in [0.1, 0.15) is 26.3 Å². The highest BCUT2D eigenvalue weighted by Crippen LogP contribution is 2.22. The molecule has 0 saturated heterocycles. The predicted octanol–water partition coefficient (Wildman–Crippen LogP) is 2.63. The van der Waals surface area contributed by atoms with E-state index in [9.17, 15) is 4.79 Å². The lowest BCUT2D eigenvalue weighted by Crippen LogP contribution is -2.27. The van der Waals surface area contributed by atoms with Crippen molar-refractivity contribution in [3.8, 4) is 11.8 Å². The average Bonchev–Trinajstić information content (AvgIpc) is 2.28. The fraction of sp³-hybridized carbons (Fsp3) is 0.357. The molecule has 0 aliphatic rings. The van der Waals surface area contributed by atoms with E-state index in [1.807, 2.05) is 20.8 Å². The summed E-state index contributed by atoms with van der Waals surface area (Å²) in [6, 6.07) is 5.20. The molecule has 3 N–H and O–H groups in total. The van der Waals surface area contributed by atoms with Crippen LogP contribution in [0.3, 0.4) is 0 Å². The summed E-state index contributed by atoms with van der Waals surface area (Å²) >= 11 is 6.00. The predicted molar refractivity (Wildman–Crippen MR) is 75.5 cm³/mol. The average molecular weight is 265 g/mol. The van der Waals surface area contributed by atoms with E-state index in [2.05, 4.69) is 17.2 Å². The minimum Gasteiger partial charge on any atom is -0.326 e. The third-order valence-corrected chi connectivity index (χ3v) is 2.56. The number of carbonyl (C=O) groups excluding carboxylic acids is 1. The normalized spacial score (nSPS) is 10.5. The zero-order valence-electron chi connectivity index (χ0n) is 10.8. The molecule has 0 aliphatic carbocycles. The minimum absolute atomic E-state index is 0.0532. The number of hydrogen-bond donors (Lipinski definition) is 2. The molecule has 3 nitrogen and oxygen atoms in total. The number of amides is 1. The van der Waals surface area contributed by atoms with Gasteiger partial charge in [-0.2, -0.15) is 0 Å². The Morgan fingerprint density at radius 1 is 1.44 bits per heavy atom. The molecule has 1 aromatic rings. The van der Waals surface area contributed by atoms with Crippen molar-refractivity contribution < 1.29 is 4.79 Å². The van der Waals surface area contributed by atoms with Crippen LogP contribution in [-0.4, -0.2) is 12.5 Å². The zero-order chi connectivity index (χ0) is 13.8. The van der Waals surface area contributed by atoms with Crippen LogP contribution in [0.4, 0.5) is 5.69 Å². The van der Waals surface area contributed by atoms with Gasteiger partial charge in [-0.3, -0.25) is 4.79 Å². The monoisotopic (exact) mass is 264 g/mol. The largest absolute Gasteiger partial charge is 0.326 e. The number of nitrogens with one attached hydrogen (secondary N) is 1. The lowest BCUT2D eigenvalue weighted by molar-refractivity contribution is -0.123. The molecule has 1 amide bonds. The first kappa shape index (κ1) is 14.6. The van der Waals surface area contributed by atoms with Crippen molar-refractivity contribution in [1.29, 1.82) is 0 Å². The first-order valence-corrected chi connectivity index (χ1v) is 6.02. The summed E-state index contributed by atoms with van der Waals surface area (Å²) in [6.45, 7) is 5.84. The first-order chi connectivity index (χ1) is 8.34. The van der Waals surface area contributed by atoms with Crippen LogP contribution in [0.2, 0.25) is 5.02 Å². The summed E-state index contributed by atoms with van der Waals surface area (Å²) in [5.74, 6) is 5.55. The van der Waals surface area contributed by atoms with Gasteiger partial charge in [0.15, 0.2) is 0 Å². The highest BCUT2D eigenvalue weighted by atomic mass is 35.5. The van der Waals surface area contributed by atoms with Gasteiger partial charge in [0.1, 0.15) is 0 Å². The van der Waals surface area contributed by atoms with Crippen LogP contribution in [0.15, 0.2) is 18.2 Å². The maximum atomic E-state index is 11.8. The summed E-state index contributed by atoms with van der Waals surface area (Å²) in [7, 11) is 0. The molecule has 18 heavy (non-hydrogen) atoms. The Hall–Kier alpha value is -1.50. The third kappa shape index (κ3) is 4.06. The van der Waals surface area contributed by atoms with E-state index in [-0.39, 0.29) is 12.5 Å². The molecule has 0 fully saturated rings. The quantitative estimate of drug-likeness (QED) is 0.766. The Bertz CT molecular complexity index is 507. The maximum absolute atomic E-state index is 11.8. The highest BCUT2D eigenvalue weighted by Gasteiger charge is 2.21. The Morgan fingerprint density at radius 3 is 2.67 bits per heavy atom. The number of carbonyl (C=O) groups is 1. The topological polar surface area (TPSA) is 55.1 Å². The number of hydrogen-bond acceptors (Lipinski definition) is 2. The molecule has 0 aliphatic heterocycles. The van der Waals surface area contributed by atoms with Gasteiger partial charge in [-0.15, -0.1) is 0 Å². The van der Waals surface area contributed by atoms with Crippen molar-refractivity contribution in [2.75, 3.05) is 11.9 Å². The summed E-state index contributed by atoms with van der Waals surface area (Å²) in [5, 5.41) is 3.38. The van der Waals surface area contributed by atoms with Crippen molar-refractivity contribution in [3.05, 3.63) is 28.8 Å². The molecule has 1 rings (SSSR count). The van der Waals surface area contributed by atoms with Crippen molar-refractivity contribution in [2.45, 2.75) is 20.8 Å². The van der Waals surface area contributed by atoms with E-state index < -0.39 is 5.41 Å². The standard InChI is InChI=1S/C14H17ClN2O/c1-14(2,3)13(18)17-11-6-7-12(15)10(9-11)5-4-8-16/h6-7,9H,8,16H2,1-3H3,(H,17,18). The maximum Gasteiger partial charge on any atom is 0.229 e. The van der Waals surface area contributed by atoms with Crippen LogP contribution >= 0.6 is 11.6 Å². The van der Waals surface area contributed by atoms with Gasteiger partial charge in [-0.1, -0.05) is 44.2 Å². The molecule has 0 atom stereocenters. The van der Waals surface area contributed by atoms with Crippen LogP contribution in [0.5, 0.6) is 0 Å². The van der Waals surface area contributed by atoms with E-state index >= 15 is 0 Å². The molecule has 0 aromatic heterocycles. The molecule has 1 aromatic carbocycles. The Morgan fingerprint density at radius 2 is 2.11 bits per heavy atom. The van der Waals surface area contributed by atoms with Crippen molar-refractivity contribution in [2.24, 2.45) is 11.1 Å². The molecule has 0 unspecified atom stereocenters. The van der Waals surface area contributed by atoms with E-state index in [4.69, 9.17) is 17.3 Å². The van der Waals surface area contributed by atoms with Gasteiger partial charge in [-0.25, -0.2) is 0 Å². The van der Waals surface area contributed by atoms with Crippen LogP contribution in [-0.2, 0) is 4.79 Å². The van der Waals surface area contributed by atoms with Gasteiger partial charge in [0.25, 0.3) is 0 Å². The number of rotatable bonds is 1. The second kappa shape index (κ2) is 5.90. The summed E-state index contributed by atoms with van der Waals surface area (Å²) in [6.07, 6.45) is 0. The zero-order valence-corrected chi connectivity index (χ0v) is 11.6. The molecular formula is C14H17ClN2O. The molecule has 4 heteroatoms. The van der Waals surface area contributed by atoms with Gasteiger partial charge in [0, 0.05) is 16.7 Å². The lowest BCUT2D eigenvalue weighted by atomic mass is 9.95. The van der Waals surface area contributed by atoms with Crippen LogP contribution < -0.4 is 11.1 Å². The molecule has 0 heterocycles. The van der Waals surface area contributed by atoms with Crippen LogP contribution in [0, 0.1) is 17.3 Å². The molecule has 96 valence electrons. The number of anilines is 1. The molecule has 0 bridgehead atoms. The summed E-state index contributed by atoms with van der Waals surface area (Å²) < 4.78 is 0. The fourth-order valence-corrected chi connectivity index (χ4v) is 1.33. The van der Waals surface area contributed by atoms with Crippen molar-refractivity contribution in [3.63, 3.8) is 0 Å². The fourth-order valence-electron chi connectivity index (χ4n) is 1.16. The Labute approximate surface area is 113 Å². The third-order valence-electron chi connectivity index (χ3n) is 2.23. The molecule has 0 saturated carbocycles. The van der Waals surface area contributed by atoms with E-state index in [0.717, 1.165) is 0 Å². The Balaban J connectivity index is 2.96. The highest BCUT2D eigenvalue weighted by molar-refractivity contribution is 6.31. The SMILES string of the molecule is CC(C)(C)C(=O)Nc1ccc(Cl)c(C#CCN)c1. The lowest BCUT2D eigenvalue weighted by Gasteiger charge is -2.17. The van der Waals surface area contributed by atoms with E-state index in [1.165, 1.54) is 0 Å². The van der Waals surface area contributed by atoms with Gasteiger partial charge in [0.05, 0.1) is 11.6 Å². The van der Waals surface area contributed by atoms with Crippen molar-refractivity contribution >= 4 is 23.2 Å². The van der Waals surface area contributed by atoms with Gasteiger partial charge < -0.3 is 11.1 Å². The smallest absolute Gasteiger partial charge is 0.229 e. The summed E-state index contributed by atoms with van der Waals surface area (Å²) in [4.78, 5) is 11.8. The second-order valence-corrected chi connectivity index (χ2v) is 5.31. The minimum atomic E-state index is -0.442. The number of nitrogens with two attached hydrogens (primary N) is 1. The second-order valence-electron chi connectivity index (χ2n) is 4.90. The van der Waals surface area contributed by atoms with Gasteiger partial charge in [-0.05, 0) is 18.2 Å². The molecule has 0 spiro atoms. The van der Waals surface area contributed by atoms with Gasteiger partial charge >= 0.3 is 0 Å². The van der Waals surface area contributed by atoms with Crippen LogP contribution in [0.25, 0.3) is 0 Å². The number of halogens is 1. The van der Waals surface area contributed by atoms with Gasteiger partial charge in [0.2, 0.25) is 5.91 Å². The summed E-state index contributed by atoms with van der Waals surface area (Å²) in [5.41, 5.74) is 6.22. The first-order valence-electron chi connectivity index (χ1n) is 5.64. The van der Waals surface area contributed by atoms with Crippen molar-refractivity contribution in [1.82, 2.24) is 0 Å². The molecule has 0 radical (unpaired) electrons.